The van der Waals surface area contributed by atoms with E-state index in [1.165, 1.54) is 19.3 Å². The Morgan fingerprint density at radius 1 is 0.923 bits per heavy atom. The number of carbonyl (C=O) groups is 2. The standard InChI is InChI=1S/C31H50ClN5O2/c1-3-35(4-2)31(39)37(27-8-6-5-7-9-27)28-18-20-36(21-19-28)30(38)29(22-23-10-12-24(32)13-11-23)34-26-16-14-25(33)15-17-26/h10-13,25-29,34H,3-9,14-22,33H2,1-2H3/t25?,26?,29-/m0/s1. The second-order valence-electron chi connectivity index (χ2n) is 11.9. The van der Waals surface area contributed by atoms with Gasteiger partial charge >= 0.3 is 6.03 Å². The van der Waals surface area contributed by atoms with E-state index in [1.807, 2.05) is 34.1 Å². The van der Waals surface area contributed by atoms with Gasteiger partial charge in [0.1, 0.15) is 0 Å². The van der Waals surface area contributed by atoms with Crippen molar-refractivity contribution in [1.29, 1.82) is 0 Å². The van der Waals surface area contributed by atoms with Gasteiger partial charge in [0, 0.05) is 55.4 Å². The van der Waals surface area contributed by atoms with Gasteiger partial charge < -0.3 is 25.8 Å². The Morgan fingerprint density at radius 3 is 2.10 bits per heavy atom. The number of likely N-dealkylation sites (tertiary alicyclic amines) is 1. The van der Waals surface area contributed by atoms with Crippen LogP contribution in [0, 0.1) is 0 Å². The van der Waals surface area contributed by atoms with Gasteiger partial charge in [0.2, 0.25) is 5.91 Å². The Hall–Kier alpha value is -1.83. The van der Waals surface area contributed by atoms with E-state index in [4.69, 9.17) is 17.3 Å². The van der Waals surface area contributed by atoms with Gasteiger partial charge in [0.05, 0.1) is 6.04 Å². The number of amides is 3. The van der Waals surface area contributed by atoms with Crippen molar-refractivity contribution in [2.45, 2.75) is 121 Å². The Labute approximate surface area is 240 Å². The van der Waals surface area contributed by atoms with Crippen LogP contribution >= 0.6 is 11.6 Å². The molecule has 3 fully saturated rings. The molecule has 3 aliphatic rings. The third kappa shape index (κ3) is 8.11. The molecule has 1 atom stereocenters. The summed E-state index contributed by atoms with van der Waals surface area (Å²) in [6, 6.07) is 8.89. The van der Waals surface area contributed by atoms with Crippen molar-refractivity contribution >= 4 is 23.5 Å². The van der Waals surface area contributed by atoms with Gasteiger partial charge in [0.25, 0.3) is 0 Å². The summed E-state index contributed by atoms with van der Waals surface area (Å²) in [5.41, 5.74) is 7.26. The van der Waals surface area contributed by atoms with Crippen molar-refractivity contribution in [3.05, 3.63) is 34.9 Å². The van der Waals surface area contributed by atoms with Gasteiger partial charge in [-0.3, -0.25) is 4.79 Å². The van der Waals surface area contributed by atoms with Crippen LogP contribution in [0.2, 0.25) is 5.02 Å². The average molecular weight is 560 g/mol. The number of piperidine rings is 1. The quantitative estimate of drug-likeness (QED) is 0.436. The molecule has 1 saturated heterocycles. The molecule has 0 aromatic heterocycles. The number of hydrogen-bond donors (Lipinski definition) is 2. The van der Waals surface area contributed by atoms with Crippen LogP contribution in [0.25, 0.3) is 0 Å². The van der Waals surface area contributed by atoms with E-state index in [0.29, 0.717) is 36.6 Å². The Balaban J connectivity index is 1.43. The smallest absolute Gasteiger partial charge is 0.320 e. The lowest BCUT2D eigenvalue weighted by atomic mass is 9.90. The molecule has 2 saturated carbocycles. The predicted octanol–water partition coefficient (Wildman–Crippen LogP) is 5.20. The fraction of sp³-hybridized carbons (Fsp3) is 0.742. The summed E-state index contributed by atoms with van der Waals surface area (Å²) < 4.78 is 0. The summed E-state index contributed by atoms with van der Waals surface area (Å²) in [7, 11) is 0. The lowest BCUT2D eigenvalue weighted by Gasteiger charge is -2.45. The molecule has 0 radical (unpaired) electrons. The van der Waals surface area contributed by atoms with E-state index in [1.54, 1.807) is 0 Å². The SMILES string of the molecule is CCN(CC)C(=O)N(C1CCCCC1)C1CCN(C(=O)[C@H](Cc2ccc(Cl)cc2)NC2CCC(N)CC2)CC1. The van der Waals surface area contributed by atoms with E-state index in [2.05, 4.69) is 24.1 Å². The second-order valence-corrected chi connectivity index (χ2v) is 12.3. The van der Waals surface area contributed by atoms with Crippen molar-refractivity contribution < 1.29 is 9.59 Å². The molecular weight excluding hydrogens is 510 g/mol. The van der Waals surface area contributed by atoms with Crippen LogP contribution in [-0.2, 0) is 11.2 Å². The maximum Gasteiger partial charge on any atom is 0.320 e. The number of hydrogen-bond acceptors (Lipinski definition) is 4. The molecule has 1 aliphatic heterocycles. The first kappa shape index (κ1) is 30.1. The molecule has 218 valence electrons. The zero-order valence-corrected chi connectivity index (χ0v) is 24.9. The van der Waals surface area contributed by atoms with E-state index in [9.17, 15) is 9.59 Å². The highest BCUT2D eigenvalue weighted by molar-refractivity contribution is 6.30. The van der Waals surface area contributed by atoms with Crippen molar-refractivity contribution in [2.75, 3.05) is 26.2 Å². The highest BCUT2D eigenvalue weighted by Crippen LogP contribution is 2.29. The molecule has 1 aromatic rings. The summed E-state index contributed by atoms with van der Waals surface area (Å²) in [4.78, 5) is 33.8. The van der Waals surface area contributed by atoms with E-state index in [-0.39, 0.29) is 30.1 Å². The second kappa shape index (κ2) is 14.7. The molecule has 1 aromatic carbocycles. The van der Waals surface area contributed by atoms with Gasteiger partial charge in [-0.2, -0.15) is 0 Å². The zero-order chi connectivity index (χ0) is 27.8. The minimum Gasteiger partial charge on any atom is -0.341 e. The molecule has 8 heteroatoms. The van der Waals surface area contributed by atoms with Crippen LogP contribution in [-0.4, -0.2) is 83.0 Å². The number of carbonyl (C=O) groups excluding carboxylic acids is 2. The van der Waals surface area contributed by atoms with Crippen molar-refractivity contribution in [2.24, 2.45) is 5.73 Å². The largest absolute Gasteiger partial charge is 0.341 e. The normalized spacial score (nSPS) is 23.8. The first-order valence-electron chi connectivity index (χ1n) is 15.5. The highest BCUT2D eigenvalue weighted by Gasteiger charge is 2.37. The summed E-state index contributed by atoms with van der Waals surface area (Å²) in [5, 5.41) is 4.43. The van der Waals surface area contributed by atoms with Gasteiger partial charge in [-0.1, -0.05) is 43.0 Å². The molecule has 0 bridgehead atoms. The van der Waals surface area contributed by atoms with Crippen LogP contribution in [0.4, 0.5) is 4.79 Å². The van der Waals surface area contributed by atoms with Crippen molar-refractivity contribution in [3.8, 4) is 0 Å². The van der Waals surface area contributed by atoms with E-state index < -0.39 is 0 Å². The summed E-state index contributed by atoms with van der Waals surface area (Å²) >= 11 is 6.12. The minimum atomic E-state index is -0.270. The monoisotopic (exact) mass is 559 g/mol. The van der Waals surface area contributed by atoms with Gasteiger partial charge in [-0.25, -0.2) is 4.79 Å². The maximum atomic E-state index is 13.9. The minimum absolute atomic E-state index is 0.178. The first-order chi connectivity index (χ1) is 18.9. The molecule has 3 N–H and O–H groups in total. The maximum absolute atomic E-state index is 13.9. The molecule has 2 aliphatic carbocycles. The number of nitrogens with zero attached hydrogens (tertiary/aromatic N) is 3. The highest BCUT2D eigenvalue weighted by atomic mass is 35.5. The van der Waals surface area contributed by atoms with Crippen LogP contribution < -0.4 is 11.1 Å². The number of nitrogens with one attached hydrogen (secondary N) is 1. The number of benzene rings is 1. The van der Waals surface area contributed by atoms with Crippen molar-refractivity contribution in [3.63, 3.8) is 0 Å². The topological polar surface area (TPSA) is 81.9 Å². The Morgan fingerprint density at radius 2 is 1.51 bits per heavy atom. The Bertz CT molecular complexity index is 902. The molecular formula is C31H50ClN5O2. The number of rotatable bonds is 9. The molecule has 7 nitrogen and oxygen atoms in total. The fourth-order valence-corrected chi connectivity index (χ4v) is 6.98. The third-order valence-corrected chi connectivity index (χ3v) is 9.50. The van der Waals surface area contributed by atoms with Gasteiger partial charge in [0.15, 0.2) is 0 Å². The molecule has 4 rings (SSSR count). The number of nitrogens with two attached hydrogens (primary N) is 1. The fourth-order valence-electron chi connectivity index (χ4n) is 6.86. The van der Waals surface area contributed by atoms with E-state index >= 15 is 0 Å². The van der Waals surface area contributed by atoms with Crippen LogP contribution in [0.3, 0.4) is 0 Å². The first-order valence-corrected chi connectivity index (χ1v) is 15.9. The van der Waals surface area contributed by atoms with Crippen LogP contribution in [0.5, 0.6) is 0 Å². The van der Waals surface area contributed by atoms with Crippen LogP contribution in [0.1, 0.15) is 90.0 Å². The lowest BCUT2D eigenvalue weighted by Crippen LogP contribution is -2.58. The molecule has 1 heterocycles. The molecule has 0 unspecified atom stereocenters. The zero-order valence-electron chi connectivity index (χ0n) is 24.1. The van der Waals surface area contributed by atoms with Crippen LogP contribution in [0.15, 0.2) is 24.3 Å². The molecule has 39 heavy (non-hydrogen) atoms. The third-order valence-electron chi connectivity index (χ3n) is 9.25. The molecule has 0 spiro atoms. The Kier molecular flexibility index (Phi) is 11.4. The average Bonchev–Trinajstić information content (AvgIpc) is 2.96. The summed E-state index contributed by atoms with van der Waals surface area (Å²) in [5.74, 6) is 0.178. The van der Waals surface area contributed by atoms with Gasteiger partial charge in [-0.05, 0) is 89.3 Å². The lowest BCUT2D eigenvalue weighted by molar-refractivity contribution is -0.135. The van der Waals surface area contributed by atoms with E-state index in [0.717, 1.165) is 70.0 Å². The summed E-state index contributed by atoms with van der Waals surface area (Å²) in [6.45, 7) is 7.00. The molecule has 3 amide bonds. The number of halogens is 1. The summed E-state index contributed by atoms with van der Waals surface area (Å²) in [6.07, 6.45) is 12.2. The number of urea groups is 1. The predicted molar refractivity (Wildman–Crippen MR) is 159 cm³/mol. The van der Waals surface area contributed by atoms with Gasteiger partial charge in [-0.15, -0.1) is 0 Å². The van der Waals surface area contributed by atoms with Crippen molar-refractivity contribution in [1.82, 2.24) is 20.0 Å².